The van der Waals surface area contributed by atoms with Crippen molar-refractivity contribution in [1.82, 2.24) is 15.0 Å². The second-order valence-electron chi connectivity index (χ2n) is 5.84. The maximum absolute atomic E-state index is 5.63. The van der Waals surface area contributed by atoms with Crippen LogP contribution < -0.4 is 10.6 Å². The maximum Gasteiger partial charge on any atom is 0.230 e. The molecule has 1 aromatic rings. The van der Waals surface area contributed by atoms with Crippen LogP contribution in [0.3, 0.4) is 0 Å². The number of piperidine rings is 1. The van der Waals surface area contributed by atoms with Gasteiger partial charge in [0.05, 0.1) is 0 Å². The molecule has 0 radical (unpaired) electrons. The van der Waals surface area contributed by atoms with Crippen molar-refractivity contribution in [2.75, 3.05) is 17.2 Å². The van der Waals surface area contributed by atoms with E-state index in [9.17, 15) is 0 Å². The first-order valence-corrected chi connectivity index (χ1v) is 6.07. The van der Waals surface area contributed by atoms with Crippen molar-refractivity contribution in [2.24, 2.45) is 5.41 Å². The molecule has 5 heteroatoms. The Balaban J connectivity index is 2.38. The first-order chi connectivity index (χ1) is 7.84. The Kier molecular flexibility index (Phi) is 2.72. The molecule has 1 aliphatic rings. The van der Waals surface area contributed by atoms with Crippen LogP contribution in [0.4, 0.5) is 11.9 Å². The van der Waals surface area contributed by atoms with Gasteiger partial charge in [-0.05, 0) is 32.1 Å². The Morgan fingerprint density at radius 2 is 1.94 bits per heavy atom. The number of nitrogen functional groups attached to an aromatic ring is 1. The first kappa shape index (κ1) is 12.1. The van der Waals surface area contributed by atoms with Gasteiger partial charge < -0.3 is 10.6 Å². The molecule has 2 N–H and O–H groups in total. The highest BCUT2D eigenvalue weighted by Crippen LogP contribution is 2.44. The highest BCUT2D eigenvalue weighted by atomic mass is 15.3. The summed E-state index contributed by atoms with van der Waals surface area (Å²) in [5.41, 5.74) is 5.87. The van der Waals surface area contributed by atoms with Crippen molar-refractivity contribution >= 4 is 11.9 Å². The van der Waals surface area contributed by atoms with Crippen molar-refractivity contribution < 1.29 is 0 Å². The minimum atomic E-state index is 0.0129. The summed E-state index contributed by atoms with van der Waals surface area (Å²) in [5, 5.41) is 0. The molecule has 0 aliphatic carbocycles. The fourth-order valence-corrected chi connectivity index (χ4v) is 2.41. The molecule has 0 unspecified atom stereocenters. The lowest BCUT2D eigenvalue weighted by molar-refractivity contribution is 0.137. The number of nitrogens with zero attached hydrogens (tertiary/aromatic N) is 4. The summed E-state index contributed by atoms with van der Waals surface area (Å²) >= 11 is 0. The molecule has 1 saturated heterocycles. The van der Waals surface area contributed by atoms with E-state index < -0.39 is 0 Å². The highest BCUT2D eigenvalue weighted by molar-refractivity contribution is 5.38. The van der Waals surface area contributed by atoms with Gasteiger partial charge in [0.15, 0.2) is 0 Å². The van der Waals surface area contributed by atoms with E-state index in [-0.39, 0.29) is 16.9 Å². The normalized spacial score (nSPS) is 22.5. The number of hydrogen-bond acceptors (Lipinski definition) is 5. The predicted molar refractivity (Wildman–Crippen MR) is 68.7 cm³/mol. The van der Waals surface area contributed by atoms with Gasteiger partial charge in [0.2, 0.25) is 11.9 Å². The summed E-state index contributed by atoms with van der Waals surface area (Å²) in [4.78, 5) is 14.6. The third kappa shape index (κ3) is 1.94. The molecule has 0 bridgehead atoms. The van der Waals surface area contributed by atoms with Gasteiger partial charge in [-0.1, -0.05) is 13.8 Å². The molecule has 94 valence electrons. The van der Waals surface area contributed by atoms with Crippen LogP contribution in [0.2, 0.25) is 0 Å². The van der Waals surface area contributed by atoms with Crippen LogP contribution in [0.25, 0.3) is 0 Å². The van der Waals surface area contributed by atoms with Crippen LogP contribution in [-0.4, -0.2) is 27.0 Å². The number of nitrogens with two attached hydrogens (primary N) is 1. The Morgan fingerprint density at radius 3 is 2.59 bits per heavy atom. The average molecular weight is 235 g/mol. The Bertz CT molecular complexity index is 413. The molecular weight excluding hydrogens is 214 g/mol. The monoisotopic (exact) mass is 235 g/mol. The van der Waals surface area contributed by atoms with Crippen LogP contribution in [0.15, 0.2) is 6.33 Å². The molecule has 1 fully saturated rings. The first-order valence-electron chi connectivity index (χ1n) is 6.07. The van der Waals surface area contributed by atoms with Crippen molar-refractivity contribution in [3.8, 4) is 0 Å². The summed E-state index contributed by atoms with van der Waals surface area (Å²) in [7, 11) is 0. The lowest BCUT2D eigenvalue weighted by atomic mass is 9.68. The molecule has 0 aromatic carbocycles. The van der Waals surface area contributed by atoms with E-state index in [2.05, 4.69) is 47.5 Å². The quantitative estimate of drug-likeness (QED) is 0.804. The number of hydrogen-bond donors (Lipinski definition) is 1. The van der Waals surface area contributed by atoms with Crippen LogP contribution in [0.1, 0.15) is 40.5 Å². The zero-order valence-corrected chi connectivity index (χ0v) is 11.1. The summed E-state index contributed by atoms with van der Waals surface area (Å²) in [6.07, 6.45) is 3.86. The molecule has 0 atom stereocenters. The second kappa shape index (κ2) is 3.82. The summed E-state index contributed by atoms with van der Waals surface area (Å²) < 4.78 is 0. The number of aromatic nitrogens is 3. The van der Waals surface area contributed by atoms with E-state index in [0.29, 0.717) is 5.95 Å². The fraction of sp³-hybridized carbons (Fsp3) is 0.750. The van der Waals surface area contributed by atoms with E-state index in [1.165, 1.54) is 12.7 Å². The van der Waals surface area contributed by atoms with Gasteiger partial charge in [0.1, 0.15) is 6.33 Å². The molecule has 1 aromatic heterocycles. The van der Waals surface area contributed by atoms with Gasteiger partial charge >= 0.3 is 0 Å². The molecule has 2 heterocycles. The van der Waals surface area contributed by atoms with Crippen molar-refractivity contribution in [2.45, 2.75) is 46.1 Å². The average Bonchev–Trinajstić information content (AvgIpc) is 2.22. The molecule has 17 heavy (non-hydrogen) atoms. The maximum atomic E-state index is 5.63. The Labute approximate surface area is 102 Å². The topological polar surface area (TPSA) is 67.9 Å². The Hall–Kier alpha value is -1.39. The van der Waals surface area contributed by atoms with Crippen LogP contribution in [0, 0.1) is 5.41 Å². The van der Waals surface area contributed by atoms with Gasteiger partial charge in [0.25, 0.3) is 0 Å². The second-order valence-corrected chi connectivity index (χ2v) is 5.84. The van der Waals surface area contributed by atoms with Crippen LogP contribution in [0.5, 0.6) is 0 Å². The minimum Gasteiger partial charge on any atom is -0.368 e. The van der Waals surface area contributed by atoms with Gasteiger partial charge in [0, 0.05) is 12.1 Å². The van der Waals surface area contributed by atoms with Gasteiger partial charge in [-0.25, -0.2) is 9.97 Å². The molecular formula is C12H21N5. The summed E-state index contributed by atoms with van der Waals surface area (Å²) in [6, 6.07) is 0. The fourth-order valence-electron chi connectivity index (χ4n) is 2.41. The van der Waals surface area contributed by atoms with E-state index in [1.54, 1.807) is 0 Å². The lowest BCUT2D eigenvalue weighted by Gasteiger charge is -2.53. The van der Waals surface area contributed by atoms with Crippen molar-refractivity contribution in [3.63, 3.8) is 0 Å². The van der Waals surface area contributed by atoms with Crippen molar-refractivity contribution in [3.05, 3.63) is 6.33 Å². The third-order valence-corrected chi connectivity index (χ3v) is 4.33. The van der Waals surface area contributed by atoms with Crippen LogP contribution in [-0.2, 0) is 0 Å². The zero-order valence-electron chi connectivity index (χ0n) is 11.1. The van der Waals surface area contributed by atoms with E-state index >= 15 is 0 Å². The Morgan fingerprint density at radius 1 is 1.24 bits per heavy atom. The largest absolute Gasteiger partial charge is 0.368 e. The molecule has 2 rings (SSSR count). The predicted octanol–water partition coefficient (Wildman–Crippen LogP) is 1.86. The van der Waals surface area contributed by atoms with E-state index in [4.69, 9.17) is 5.73 Å². The van der Waals surface area contributed by atoms with E-state index in [1.807, 2.05) is 0 Å². The van der Waals surface area contributed by atoms with Gasteiger partial charge in [-0.3, -0.25) is 0 Å². The van der Waals surface area contributed by atoms with Crippen molar-refractivity contribution in [1.29, 1.82) is 0 Å². The zero-order chi connectivity index (χ0) is 12.7. The molecule has 5 nitrogen and oxygen atoms in total. The standard InChI is InChI=1S/C12H21N5/c1-11(2)6-5-7-17(12(11,3)4)10-15-8-14-9(13)16-10/h8H,5-7H2,1-4H3,(H2,13,14,15,16). The lowest BCUT2D eigenvalue weighted by Crippen LogP contribution is -2.58. The van der Waals surface area contributed by atoms with E-state index in [0.717, 1.165) is 13.0 Å². The minimum absolute atomic E-state index is 0.0129. The SMILES string of the molecule is CC1(C)CCCN(c2ncnc(N)n2)C1(C)C. The van der Waals surface area contributed by atoms with Gasteiger partial charge in [-0.15, -0.1) is 0 Å². The molecule has 0 saturated carbocycles. The summed E-state index contributed by atoms with van der Waals surface area (Å²) in [5.74, 6) is 0.976. The number of anilines is 2. The highest BCUT2D eigenvalue weighted by Gasteiger charge is 2.45. The van der Waals surface area contributed by atoms with Gasteiger partial charge in [-0.2, -0.15) is 4.98 Å². The molecule has 0 spiro atoms. The smallest absolute Gasteiger partial charge is 0.230 e. The van der Waals surface area contributed by atoms with Crippen LogP contribution >= 0.6 is 0 Å². The third-order valence-electron chi connectivity index (χ3n) is 4.33. The molecule has 0 amide bonds. The summed E-state index contributed by atoms with van der Waals surface area (Å²) in [6.45, 7) is 10.0. The number of rotatable bonds is 1. The molecule has 1 aliphatic heterocycles.